The van der Waals surface area contributed by atoms with Crippen molar-refractivity contribution < 1.29 is 0 Å². The molecule has 0 rings (SSSR count). The first-order chi connectivity index (χ1) is 6.61. The van der Waals surface area contributed by atoms with Gasteiger partial charge in [-0.15, -0.1) is 0 Å². The zero-order valence-electron chi connectivity index (χ0n) is 10.4. The standard InChI is InChI=1S/C12H28N2/c1-5-7-9-14(6-2)10-8-12(13)11(3)4/h11-12H,5-10,13H2,1-4H3. The highest BCUT2D eigenvalue weighted by Gasteiger charge is 2.09. The van der Waals surface area contributed by atoms with Gasteiger partial charge in [0.1, 0.15) is 0 Å². The van der Waals surface area contributed by atoms with Crippen LogP contribution in [0.1, 0.15) is 47.0 Å². The van der Waals surface area contributed by atoms with Gasteiger partial charge in [0.05, 0.1) is 0 Å². The summed E-state index contributed by atoms with van der Waals surface area (Å²) in [5.74, 6) is 0.611. The van der Waals surface area contributed by atoms with E-state index in [2.05, 4.69) is 32.6 Å². The number of nitrogens with two attached hydrogens (primary N) is 1. The molecule has 2 nitrogen and oxygen atoms in total. The van der Waals surface area contributed by atoms with E-state index in [0.717, 1.165) is 19.5 Å². The van der Waals surface area contributed by atoms with Crippen molar-refractivity contribution in [3.05, 3.63) is 0 Å². The van der Waals surface area contributed by atoms with Gasteiger partial charge in [-0.2, -0.15) is 0 Å². The normalized spacial score (nSPS) is 13.9. The largest absolute Gasteiger partial charge is 0.327 e. The Hall–Kier alpha value is -0.0800. The Morgan fingerprint density at radius 2 is 1.79 bits per heavy atom. The highest BCUT2D eigenvalue weighted by molar-refractivity contribution is 4.68. The quantitative estimate of drug-likeness (QED) is 0.652. The highest BCUT2D eigenvalue weighted by atomic mass is 15.1. The second kappa shape index (κ2) is 8.25. The molecule has 0 amide bonds. The third-order valence-corrected chi connectivity index (χ3v) is 2.91. The fraction of sp³-hybridized carbons (Fsp3) is 1.00. The summed E-state index contributed by atoms with van der Waals surface area (Å²) in [6, 6.07) is 0.366. The van der Waals surface area contributed by atoms with Crippen LogP contribution in [0.3, 0.4) is 0 Å². The Bertz CT molecular complexity index is 123. The van der Waals surface area contributed by atoms with Gasteiger partial charge in [-0.25, -0.2) is 0 Å². The summed E-state index contributed by atoms with van der Waals surface area (Å²) in [6.45, 7) is 12.4. The van der Waals surface area contributed by atoms with Crippen molar-refractivity contribution in [2.24, 2.45) is 11.7 Å². The lowest BCUT2D eigenvalue weighted by atomic mass is 10.0. The zero-order valence-corrected chi connectivity index (χ0v) is 10.4. The Morgan fingerprint density at radius 1 is 1.14 bits per heavy atom. The lowest BCUT2D eigenvalue weighted by molar-refractivity contribution is 0.262. The summed E-state index contributed by atoms with van der Waals surface area (Å²) < 4.78 is 0. The average molecular weight is 200 g/mol. The fourth-order valence-corrected chi connectivity index (χ4v) is 1.47. The minimum absolute atomic E-state index is 0.366. The van der Waals surface area contributed by atoms with Crippen LogP contribution in [0.4, 0.5) is 0 Å². The van der Waals surface area contributed by atoms with E-state index in [1.54, 1.807) is 0 Å². The van der Waals surface area contributed by atoms with E-state index in [1.165, 1.54) is 19.4 Å². The number of hydrogen-bond acceptors (Lipinski definition) is 2. The zero-order chi connectivity index (χ0) is 11.0. The average Bonchev–Trinajstić information content (AvgIpc) is 2.17. The van der Waals surface area contributed by atoms with Crippen molar-refractivity contribution in [3.63, 3.8) is 0 Å². The molecule has 0 bridgehead atoms. The fourth-order valence-electron chi connectivity index (χ4n) is 1.47. The number of unbranched alkanes of at least 4 members (excludes halogenated alkanes) is 1. The van der Waals surface area contributed by atoms with Crippen molar-refractivity contribution in [3.8, 4) is 0 Å². The van der Waals surface area contributed by atoms with E-state index in [1.807, 2.05) is 0 Å². The molecule has 2 N–H and O–H groups in total. The maximum Gasteiger partial charge on any atom is 0.00740 e. The Kier molecular flexibility index (Phi) is 8.20. The smallest absolute Gasteiger partial charge is 0.00740 e. The van der Waals surface area contributed by atoms with Crippen molar-refractivity contribution >= 4 is 0 Å². The van der Waals surface area contributed by atoms with Gasteiger partial charge < -0.3 is 10.6 Å². The van der Waals surface area contributed by atoms with Gasteiger partial charge in [-0.05, 0) is 38.4 Å². The van der Waals surface area contributed by atoms with Crippen LogP contribution in [0, 0.1) is 5.92 Å². The van der Waals surface area contributed by atoms with Crippen molar-refractivity contribution in [2.75, 3.05) is 19.6 Å². The molecule has 2 heteroatoms. The Labute approximate surface area is 89.9 Å². The lowest BCUT2D eigenvalue weighted by Gasteiger charge is -2.23. The molecule has 0 aliphatic carbocycles. The van der Waals surface area contributed by atoms with Crippen LogP contribution < -0.4 is 5.73 Å². The summed E-state index contributed by atoms with van der Waals surface area (Å²) in [4.78, 5) is 2.51. The van der Waals surface area contributed by atoms with E-state index < -0.39 is 0 Å². The number of rotatable bonds is 8. The molecule has 0 spiro atoms. The second-order valence-electron chi connectivity index (χ2n) is 4.48. The van der Waals surface area contributed by atoms with Gasteiger partial charge in [0.15, 0.2) is 0 Å². The Balaban J connectivity index is 3.60. The minimum atomic E-state index is 0.366. The minimum Gasteiger partial charge on any atom is -0.327 e. The molecule has 14 heavy (non-hydrogen) atoms. The molecule has 1 unspecified atom stereocenters. The first-order valence-corrected chi connectivity index (χ1v) is 6.09. The van der Waals surface area contributed by atoms with E-state index in [-0.39, 0.29) is 0 Å². The van der Waals surface area contributed by atoms with Crippen molar-refractivity contribution in [2.45, 2.75) is 53.0 Å². The molecule has 0 aromatic rings. The van der Waals surface area contributed by atoms with Gasteiger partial charge in [-0.1, -0.05) is 34.1 Å². The predicted molar refractivity (Wildman–Crippen MR) is 64.5 cm³/mol. The molecule has 0 aliphatic rings. The molecule has 1 atom stereocenters. The maximum absolute atomic E-state index is 6.02. The molecule has 0 aromatic heterocycles. The van der Waals surface area contributed by atoms with Gasteiger partial charge in [0, 0.05) is 6.04 Å². The van der Waals surface area contributed by atoms with Gasteiger partial charge in [0.2, 0.25) is 0 Å². The van der Waals surface area contributed by atoms with Crippen LogP contribution in [0.15, 0.2) is 0 Å². The van der Waals surface area contributed by atoms with Crippen molar-refractivity contribution in [1.29, 1.82) is 0 Å². The van der Waals surface area contributed by atoms with Crippen LogP contribution in [0.5, 0.6) is 0 Å². The molecule has 0 aliphatic heterocycles. The predicted octanol–water partition coefficient (Wildman–Crippen LogP) is 2.48. The van der Waals surface area contributed by atoms with Crippen LogP contribution >= 0.6 is 0 Å². The third kappa shape index (κ3) is 6.39. The van der Waals surface area contributed by atoms with Crippen LogP contribution in [-0.4, -0.2) is 30.6 Å². The lowest BCUT2D eigenvalue weighted by Crippen LogP contribution is -2.33. The summed E-state index contributed by atoms with van der Waals surface area (Å²) in [5, 5.41) is 0. The van der Waals surface area contributed by atoms with Gasteiger partial charge >= 0.3 is 0 Å². The molecular weight excluding hydrogens is 172 g/mol. The molecular formula is C12H28N2. The monoisotopic (exact) mass is 200 g/mol. The molecule has 0 radical (unpaired) electrons. The van der Waals surface area contributed by atoms with Gasteiger partial charge in [-0.3, -0.25) is 0 Å². The number of nitrogens with zero attached hydrogens (tertiary/aromatic N) is 1. The van der Waals surface area contributed by atoms with Gasteiger partial charge in [0.25, 0.3) is 0 Å². The maximum atomic E-state index is 6.02. The molecule has 0 heterocycles. The number of hydrogen-bond donors (Lipinski definition) is 1. The molecule has 0 saturated carbocycles. The van der Waals surface area contributed by atoms with E-state index >= 15 is 0 Å². The first kappa shape index (κ1) is 13.9. The topological polar surface area (TPSA) is 29.3 Å². The summed E-state index contributed by atoms with van der Waals surface area (Å²) in [7, 11) is 0. The summed E-state index contributed by atoms with van der Waals surface area (Å²) in [6.07, 6.45) is 3.73. The third-order valence-electron chi connectivity index (χ3n) is 2.91. The summed E-state index contributed by atoms with van der Waals surface area (Å²) in [5.41, 5.74) is 6.02. The molecule has 0 aromatic carbocycles. The van der Waals surface area contributed by atoms with E-state index in [9.17, 15) is 0 Å². The summed E-state index contributed by atoms with van der Waals surface area (Å²) >= 11 is 0. The first-order valence-electron chi connectivity index (χ1n) is 6.09. The second-order valence-corrected chi connectivity index (χ2v) is 4.48. The van der Waals surface area contributed by atoms with E-state index in [0.29, 0.717) is 12.0 Å². The van der Waals surface area contributed by atoms with E-state index in [4.69, 9.17) is 5.73 Å². The van der Waals surface area contributed by atoms with Crippen LogP contribution in [0.2, 0.25) is 0 Å². The molecule has 0 saturated heterocycles. The van der Waals surface area contributed by atoms with Crippen LogP contribution in [-0.2, 0) is 0 Å². The highest BCUT2D eigenvalue weighted by Crippen LogP contribution is 2.05. The van der Waals surface area contributed by atoms with Crippen LogP contribution in [0.25, 0.3) is 0 Å². The van der Waals surface area contributed by atoms with Crippen molar-refractivity contribution in [1.82, 2.24) is 4.90 Å². The SMILES string of the molecule is CCCCN(CC)CCC(N)C(C)C. The molecule has 86 valence electrons. The molecule has 0 fully saturated rings. The Morgan fingerprint density at radius 3 is 2.21 bits per heavy atom.